The molecule has 0 radical (unpaired) electrons. The Morgan fingerprint density at radius 1 is 0.938 bits per heavy atom. The van der Waals surface area contributed by atoms with Crippen LogP contribution in [0.25, 0.3) is 5.57 Å². The number of hydrogen-bond donors (Lipinski definition) is 1. The number of nitrogens with zero attached hydrogens (tertiary/aromatic N) is 1. The molecule has 6 nitrogen and oxygen atoms in total. The van der Waals surface area contributed by atoms with Gasteiger partial charge in [0.1, 0.15) is 5.75 Å². The second kappa shape index (κ2) is 8.88. The molecule has 0 atom stereocenters. The lowest BCUT2D eigenvalue weighted by molar-refractivity contribution is -0.117. The molecule has 0 aliphatic carbocycles. The molecule has 164 valence electrons. The molecular formula is C25H24N2O4S. The first kappa shape index (κ1) is 21.6. The maximum absolute atomic E-state index is 13.5. The van der Waals surface area contributed by atoms with Gasteiger partial charge in [0.2, 0.25) is 0 Å². The van der Waals surface area contributed by atoms with E-state index in [9.17, 15) is 13.2 Å². The fraction of sp³-hybridized carbons (Fsp3) is 0.160. The van der Waals surface area contributed by atoms with Gasteiger partial charge in [0, 0.05) is 30.3 Å². The zero-order valence-corrected chi connectivity index (χ0v) is 18.7. The smallest absolute Gasteiger partial charge is 0.270 e. The standard InChI is InChI=1S/C25H24N2O4S/c1-3-31-22-16-10-7-13-19(22)17-26-25(28)24-23(18-11-5-4-6-12-18)20-14-8-9-15-21(20)27(2)32(24,29)30/h4-16H,3,17H2,1-2H3,(H,26,28). The van der Waals surface area contributed by atoms with Crippen LogP contribution in [-0.2, 0) is 21.4 Å². The molecule has 0 saturated heterocycles. The maximum atomic E-state index is 13.5. The molecular weight excluding hydrogens is 424 g/mol. The number of nitrogens with one attached hydrogen (secondary N) is 1. The van der Waals surface area contributed by atoms with Crippen molar-refractivity contribution in [1.82, 2.24) is 5.32 Å². The second-order valence-corrected chi connectivity index (χ2v) is 9.19. The van der Waals surface area contributed by atoms with Crippen LogP contribution < -0.4 is 14.4 Å². The number of rotatable bonds is 6. The third-order valence-electron chi connectivity index (χ3n) is 5.34. The topological polar surface area (TPSA) is 75.7 Å². The van der Waals surface area contributed by atoms with E-state index in [0.717, 1.165) is 9.87 Å². The van der Waals surface area contributed by atoms with Crippen molar-refractivity contribution in [2.24, 2.45) is 0 Å². The first-order valence-corrected chi connectivity index (χ1v) is 11.8. The summed E-state index contributed by atoms with van der Waals surface area (Å²) in [6, 6.07) is 23.7. The summed E-state index contributed by atoms with van der Waals surface area (Å²) in [6.45, 7) is 2.51. The Bertz CT molecular complexity index is 1280. The average Bonchev–Trinajstić information content (AvgIpc) is 2.81. The minimum atomic E-state index is -4.07. The van der Waals surface area contributed by atoms with Crippen molar-refractivity contribution < 1.29 is 17.9 Å². The molecule has 32 heavy (non-hydrogen) atoms. The zero-order chi connectivity index (χ0) is 22.7. The number of hydrogen-bond acceptors (Lipinski definition) is 4. The van der Waals surface area contributed by atoms with Crippen molar-refractivity contribution in [3.05, 3.63) is 100 Å². The van der Waals surface area contributed by atoms with Gasteiger partial charge in [0.25, 0.3) is 15.9 Å². The van der Waals surface area contributed by atoms with Crippen LogP contribution in [0.2, 0.25) is 0 Å². The van der Waals surface area contributed by atoms with Crippen LogP contribution in [0, 0.1) is 0 Å². The number of carbonyl (C=O) groups is 1. The molecule has 3 aromatic carbocycles. The second-order valence-electron chi connectivity index (χ2n) is 7.28. The summed E-state index contributed by atoms with van der Waals surface area (Å²) in [5.74, 6) is -0.00182. The van der Waals surface area contributed by atoms with E-state index >= 15 is 0 Å². The van der Waals surface area contributed by atoms with Gasteiger partial charge in [-0.15, -0.1) is 0 Å². The molecule has 1 heterocycles. The van der Waals surface area contributed by atoms with E-state index in [2.05, 4.69) is 5.32 Å². The Morgan fingerprint density at radius 3 is 2.34 bits per heavy atom. The normalized spacial score (nSPS) is 14.6. The van der Waals surface area contributed by atoms with Crippen molar-refractivity contribution in [3.63, 3.8) is 0 Å². The highest BCUT2D eigenvalue weighted by atomic mass is 32.2. The number of amides is 1. The maximum Gasteiger partial charge on any atom is 0.270 e. The highest BCUT2D eigenvalue weighted by molar-refractivity contribution is 7.97. The lowest BCUT2D eigenvalue weighted by Gasteiger charge is -2.30. The summed E-state index contributed by atoms with van der Waals surface area (Å²) in [7, 11) is -2.60. The molecule has 1 aliphatic rings. The summed E-state index contributed by atoms with van der Waals surface area (Å²) >= 11 is 0. The number of benzene rings is 3. The van der Waals surface area contributed by atoms with Crippen molar-refractivity contribution in [2.75, 3.05) is 18.0 Å². The predicted molar refractivity (Wildman–Crippen MR) is 126 cm³/mol. The van der Waals surface area contributed by atoms with Crippen LogP contribution in [0.3, 0.4) is 0 Å². The Labute approximate surface area is 188 Å². The van der Waals surface area contributed by atoms with E-state index in [1.807, 2.05) is 73.7 Å². The molecule has 0 spiro atoms. The van der Waals surface area contributed by atoms with Gasteiger partial charge >= 0.3 is 0 Å². The minimum Gasteiger partial charge on any atom is -0.494 e. The summed E-state index contributed by atoms with van der Waals surface area (Å²) in [5, 5.41) is 2.79. The molecule has 1 aliphatic heterocycles. The Balaban J connectivity index is 1.82. The van der Waals surface area contributed by atoms with Crippen molar-refractivity contribution >= 4 is 27.2 Å². The summed E-state index contributed by atoms with van der Waals surface area (Å²) in [6.07, 6.45) is 0. The number of sulfonamides is 1. The highest BCUT2D eigenvalue weighted by Crippen LogP contribution is 2.41. The van der Waals surface area contributed by atoms with Gasteiger partial charge in [-0.3, -0.25) is 9.10 Å². The van der Waals surface area contributed by atoms with Gasteiger partial charge in [-0.25, -0.2) is 8.42 Å². The summed E-state index contributed by atoms with van der Waals surface area (Å²) < 4.78 is 33.7. The fourth-order valence-corrected chi connectivity index (χ4v) is 5.29. The van der Waals surface area contributed by atoms with Crippen LogP contribution in [0.5, 0.6) is 5.75 Å². The number of fused-ring (bicyclic) bond motifs is 1. The van der Waals surface area contributed by atoms with Crippen molar-refractivity contribution in [3.8, 4) is 5.75 Å². The molecule has 1 N–H and O–H groups in total. The SMILES string of the molecule is CCOc1ccccc1CNC(=O)C1=C(c2ccccc2)c2ccccc2N(C)S1(=O)=O. The predicted octanol–water partition coefficient (Wildman–Crippen LogP) is 3.94. The Morgan fingerprint density at radius 2 is 1.59 bits per heavy atom. The van der Waals surface area contributed by atoms with E-state index in [4.69, 9.17) is 4.74 Å². The van der Waals surface area contributed by atoms with Crippen LogP contribution >= 0.6 is 0 Å². The van der Waals surface area contributed by atoms with E-state index in [1.54, 1.807) is 12.1 Å². The van der Waals surface area contributed by atoms with Gasteiger partial charge in [-0.05, 0) is 24.6 Å². The van der Waals surface area contributed by atoms with E-state index in [-0.39, 0.29) is 11.4 Å². The third-order valence-corrected chi connectivity index (χ3v) is 7.16. The lowest BCUT2D eigenvalue weighted by Crippen LogP contribution is -2.39. The van der Waals surface area contributed by atoms with E-state index in [0.29, 0.717) is 34.7 Å². The fourth-order valence-electron chi connectivity index (χ4n) is 3.80. The molecule has 3 aromatic rings. The number of para-hydroxylation sites is 2. The number of anilines is 1. The van der Waals surface area contributed by atoms with Crippen LogP contribution in [0.4, 0.5) is 5.69 Å². The van der Waals surface area contributed by atoms with Crippen molar-refractivity contribution in [1.29, 1.82) is 0 Å². The summed E-state index contributed by atoms with van der Waals surface area (Å²) in [4.78, 5) is 13.1. The molecule has 7 heteroatoms. The van der Waals surface area contributed by atoms with Crippen LogP contribution in [0.15, 0.2) is 83.8 Å². The largest absolute Gasteiger partial charge is 0.494 e. The average molecular weight is 449 g/mol. The Hall–Kier alpha value is -3.58. The van der Waals surface area contributed by atoms with Crippen LogP contribution in [0.1, 0.15) is 23.6 Å². The first-order valence-electron chi connectivity index (χ1n) is 10.3. The van der Waals surface area contributed by atoms with Gasteiger partial charge in [0.05, 0.1) is 12.3 Å². The molecule has 0 aromatic heterocycles. The molecule has 0 fully saturated rings. The van der Waals surface area contributed by atoms with Gasteiger partial charge in [-0.1, -0.05) is 66.7 Å². The molecule has 1 amide bonds. The quantitative estimate of drug-likeness (QED) is 0.620. The summed E-state index contributed by atoms with van der Waals surface area (Å²) in [5.41, 5.74) is 3.05. The van der Waals surface area contributed by atoms with Crippen molar-refractivity contribution in [2.45, 2.75) is 13.5 Å². The molecule has 0 unspecified atom stereocenters. The van der Waals surface area contributed by atoms with E-state index < -0.39 is 15.9 Å². The molecule has 0 saturated carbocycles. The first-order chi connectivity index (χ1) is 15.4. The monoisotopic (exact) mass is 448 g/mol. The third kappa shape index (κ3) is 3.87. The van der Waals surface area contributed by atoms with Gasteiger partial charge in [0.15, 0.2) is 4.91 Å². The Kier molecular flexibility index (Phi) is 6.01. The minimum absolute atomic E-state index is 0.140. The lowest BCUT2D eigenvalue weighted by atomic mass is 9.95. The highest BCUT2D eigenvalue weighted by Gasteiger charge is 2.39. The zero-order valence-electron chi connectivity index (χ0n) is 17.9. The van der Waals surface area contributed by atoms with Gasteiger partial charge in [-0.2, -0.15) is 0 Å². The van der Waals surface area contributed by atoms with Gasteiger partial charge < -0.3 is 10.1 Å². The molecule has 4 rings (SSSR count). The van der Waals surface area contributed by atoms with Crippen LogP contribution in [-0.4, -0.2) is 28.0 Å². The molecule has 0 bridgehead atoms. The number of ether oxygens (including phenoxy) is 1. The number of carbonyl (C=O) groups excluding carboxylic acids is 1. The van der Waals surface area contributed by atoms with E-state index in [1.165, 1.54) is 7.05 Å².